The molecule has 0 fully saturated rings. The van der Waals surface area contributed by atoms with Crippen molar-refractivity contribution in [2.45, 2.75) is 57.3 Å². The zero-order valence-electron chi connectivity index (χ0n) is 18.9. The molecule has 0 aromatic heterocycles. The molecule has 0 aliphatic rings. The molecule has 32 heavy (non-hydrogen) atoms. The summed E-state index contributed by atoms with van der Waals surface area (Å²) in [7, 11) is 0. The van der Waals surface area contributed by atoms with Crippen molar-refractivity contribution in [1.29, 1.82) is 0 Å². The van der Waals surface area contributed by atoms with Gasteiger partial charge in [0.2, 0.25) is 0 Å². The van der Waals surface area contributed by atoms with Gasteiger partial charge in [-0.05, 0) is 85.6 Å². The Morgan fingerprint density at radius 1 is 0.625 bits per heavy atom. The molecule has 3 rings (SSSR count). The summed E-state index contributed by atoms with van der Waals surface area (Å²) in [5, 5.41) is 0. The van der Waals surface area contributed by atoms with Crippen LogP contribution in [0.4, 0.5) is 17.1 Å². The molecule has 166 valence electrons. The molecule has 4 heteroatoms. The van der Waals surface area contributed by atoms with E-state index in [2.05, 4.69) is 31.4 Å². The van der Waals surface area contributed by atoms with E-state index in [4.69, 9.17) is 0 Å². The molecule has 0 amide bonds. The highest BCUT2D eigenvalue weighted by Crippen LogP contribution is 2.35. The lowest BCUT2D eigenvalue weighted by molar-refractivity contribution is 0.0972. The first-order valence-electron chi connectivity index (χ1n) is 11.4. The van der Waals surface area contributed by atoms with Crippen LogP contribution in [0.5, 0.6) is 0 Å². The normalized spacial score (nSPS) is 10.7. The lowest BCUT2D eigenvalue weighted by Gasteiger charge is -2.26. The number of hydrogen-bond acceptors (Lipinski definition) is 4. The Bertz CT molecular complexity index is 961. The molecule has 0 saturated carbocycles. The molecule has 3 nitrogen and oxygen atoms in total. The number of thiol groups is 1. The van der Waals surface area contributed by atoms with Gasteiger partial charge in [0.1, 0.15) is 0 Å². The fraction of sp³-hybridized carbons (Fsp3) is 0.286. The van der Waals surface area contributed by atoms with Gasteiger partial charge in [-0.25, -0.2) is 0 Å². The van der Waals surface area contributed by atoms with E-state index in [0.717, 1.165) is 58.8 Å². The Morgan fingerprint density at radius 2 is 0.969 bits per heavy atom. The molecule has 0 atom stereocenters. The quantitative estimate of drug-likeness (QED) is 0.239. The van der Waals surface area contributed by atoms with Crippen molar-refractivity contribution in [1.82, 2.24) is 0 Å². The number of anilines is 3. The van der Waals surface area contributed by atoms with Crippen LogP contribution in [0.1, 0.15) is 73.1 Å². The molecule has 0 aliphatic heterocycles. The first-order valence-corrected chi connectivity index (χ1v) is 11.8. The Labute approximate surface area is 196 Å². The largest absolute Gasteiger partial charge is 0.311 e. The van der Waals surface area contributed by atoms with E-state index in [1.54, 1.807) is 0 Å². The molecule has 0 aliphatic carbocycles. The third-order valence-corrected chi connectivity index (χ3v) is 5.82. The smallest absolute Gasteiger partial charge is 0.162 e. The monoisotopic (exact) mass is 445 g/mol. The van der Waals surface area contributed by atoms with E-state index in [-0.39, 0.29) is 11.6 Å². The fourth-order valence-electron chi connectivity index (χ4n) is 3.61. The Morgan fingerprint density at radius 3 is 1.31 bits per heavy atom. The molecule has 0 spiro atoms. The van der Waals surface area contributed by atoms with Crippen molar-refractivity contribution in [3.8, 4) is 0 Å². The molecule has 3 aromatic carbocycles. The van der Waals surface area contributed by atoms with Crippen LogP contribution in [0.3, 0.4) is 0 Å². The number of rotatable bonds is 11. The molecule has 3 aromatic rings. The summed E-state index contributed by atoms with van der Waals surface area (Å²) in [6.45, 7) is 4.18. The predicted octanol–water partition coefficient (Wildman–Crippen LogP) is 8.19. The van der Waals surface area contributed by atoms with E-state index < -0.39 is 0 Å². The lowest BCUT2D eigenvalue weighted by Crippen LogP contribution is -2.11. The van der Waals surface area contributed by atoms with Crippen molar-refractivity contribution >= 4 is 41.3 Å². The van der Waals surface area contributed by atoms with Crippen LogP contribution < -0.4 is 4.90 Å². The molecular formula is C28H31NO2S. The van der Waals surface area contributed by atoms with Gasteiger partial charge in [-0.15, -0.1) is 12.6 Å². The molecule has 0 N–H and O–H groups in total. The van der Waals surface area contributed by atoms with Gasteiger partial charge in [-0.2, -0.15) is 0 Å². The summed E-state index contributed by atoms with van der Waals surface area (Å²) in [4.78, 5) is 27.8. The Hall–Kier alpha value is -2.85. The molecule has 0 saturated heterocycles. The van der Waals surface area contributed by atoms with E-state index in [1.165, 1.54) is 0 Å². The second-order valence-corrected chi connectivity index (χ2v) is 8.52. The SMILES string of the molecule is CCCCC(=O)c1ccc(N(c2ccc(S)cc2)c2ccc(C(=O)CCCC)cc2)cc1. The summed E-state index contributed by atoms with van der Waals surface area (Å²) in [5.74, 6) is 0.360. The van der Waals surface area contributed by atoms with Crippen LogP contribution in [0.25, 0.3) is 0 Å². The fourth-order valence-corrected chi connectivity index (χ4v) is 3.75. The summed E-state index contributed by atoms with van der Waals surface area (Å²) >= 11 is 4.41. The maximum Gasteiger partial charge on any atom is 0.162 e. The standard InChI is InChI=1S/C28H31NO2S/c1-3-5-7-27(30)21-9-13-23(14-10-21)29(25-17-19-26(32)20-18-25)24-15-11-22(12-16-24)28(31)8-6-4-2/h9-20,32H,3-8H2,1-2H3. The summed E-state index contributed by atoms with van der Waals surface area (Å²) < 4.78 is 0. The van der Waals surface area contributed by atoms with Crippen LogP contribution in [-0.4, -0.2) is 11.6 Å². The van der Waals surface area contributed by atoms with Gasteiger partial charge in [0, 0.05) is 45.9 Å². The Kier molecular flexibility index (Phi) is 8.69. The van der Waals surface area contributed by atoms with Gasteiger partial charge in [-0.3, -0.25) is 9.59 Å². The maximum atomic E-state index is 12.4. The first-order chi connectivity index (χ1) is 15.5. The Balaban J connectivity index is 1.92. The zero-order chi connectivity index (χ0) is 22.9. The number of carbonyl (C=O) groups is 2. The summed E-state index contributed by atoms with van der Waals surface area (Å²) in [5.41, 5.74) is 4.37. The molecular weight excluding hydrogens is 414 g/mol. The number of hydrogen-bond donors (Lipinski definition) is 1. The van der Waals surface area contributed by atoms with Crippen molar-refractivity contribution in [3.63, 3.8) is 0 Å². The highest BCUT2D eigenvalue weighted by Gasteiger charge is 2.15. The number of benzene rings is 3. The van der Waals surface area contributed by atoms with Crippen LogP contribution in [0, 0.1) is 0 Å². The van der Waals surface area contributed by atoms with Crippen molar-refractivity contribution < 1.29 is 9.59 Å². The predicted molar refractivity (Wildman–Crippen MR) is 136 cm³/mol. The minimum absolute atomic E-state index is 0.180. The maximum absolute atomic E-state index is 12.4. The average Bonchev–Trinajstić information content (AvgIpc) is 2.83. The third-order valence-electron chi connectivity index (χ3n) is 5.52. The number of ketones is 2. The summed E-state index contributed by atoms with van der Waals surface area (Å²) in [6, 6.07) is 23.5. The minimum Gasteiger partial charge on any atom is -0.311 e. The molecule has 0 bridgehead atoms. The minimum atomic E-state index is 0.180. The van der Waals surface area contributed by atoms with E-state index in [9.17, 15) is 9.59 Å². The van der Waals surface area contributed by atoms with Crippen molar-refractivity contribution in [3.05, 3.63) is 83.9 Å². The zero-order valence-corrected chi connectivity index (χ0v) is 19.8. The van der Waals surface area contributed by atoms with E-state index >= 15 is 0 Å². The van der Waals surface area contributed by atoms with Crippen LogP contribution in [0.2, 0.25) is 0 Å². The number of carbonyl (C=O) groups excluding carboxylic acids is 2. The van der Waals surface area contributed by atoms with Gasteiger partial charge >= 0.3 is 0 Å². The van der Waals surface area contributed by atoms with Gasteiger partial charge in [0.05, 0.1) is 0 Å². The van der Waals surface area contributed by atoms with Crippen LogP contribution in [-0.2, 0) is 0 Å². The first kappa shape index (κ1) is 23.8. The number of Topliss-reactive ketones (excluding diaryl/α,β-unsaturated/α-hetero) is 2. The molecule has 0 heterocycles. The second-order valence-electron chi connectivity index (χ2n) is 8.00. The van der Waals surface area contributed by atoms with Gasteiger partial charge in [0.25, 0.3) is 0 Å². The van der Waals surface area contributed by atoms with Gasteiger partial charge < -0.3 is 4.90 Å². The van der Waals surface area contributed by atoms with E-state index in [0.29, 0.717) is 12.8 Å². The van der Waals surface area contributed by atoms with Gasteiger partial charge in [-0.1, -0.05) is 26.7 Å². The average molecular weight is 446 g/mol. The molecule has 0 unspecified atom stereocenters. The lowest BCUT2D eigenvalue weighted by atomic mass is 10.0. The highest BCUT2D eigenvalue weighted by molar-refractivity contribution is 7.80. The van der Waals surface area contributed by atoms with Crippen molar-refractivity contribution in [2.75, 3.05) is 4.90 Å². The molecule has 0 radical (unpaired) electrons. The van der Waals surface area contributed by atoms with Crippen LogP contribution >= 0.6 is 12.6 Å². The van der Waals surface area contributed by atoms with Crippen molar-refractivity contribution in [2.24, 2.45) is 0 Å². The summed E-state index contributed by atoms with van der Waals surface area (Å²) in [6.07, 6.45) is 5.00. The van der Waals surface area contributed by atoms with Gasteiger partial charge in [0.15, 0.2) is 11.6 Å². The van der Waals surface area contributed by atoms with Crippen LogP contribution in [0.15, 0.2) is 77.7 Å². The number of unbranched alkanes of at least 4 members (excludes halogenated alkanes) is 2. The van der Waals surface area contributed by atoms with E-state index in [1.807, 2.05) is 72.8 Å². The number of nitrogens with zero attached hydrogens (tertiary/aromatic N) is 1. The third kappa shape index (κ3) is 6.10. The topological polar surface area (TPSA) is 37.4 Å². The highest BCUT2D eigenvalue weighted by atomic mass is 32.1. The second kappa shape index (κ2) is 11.7.